The number of thiazole rings is 1. The van der Waals surface area contributed by atoms with Crippen LogP contribution in [0.1, 0.15) is 23.1 Å². The van der Waals surface area contributed by atoms with Crippen LogP contribution < -0.4 is 11.1 Å². The van der Waals surface area contributed by atoms with Crippen molar-refractivity contribution in [2.24, 2.45) is 10.7 Å². The van der Waals surface area contributed by atoms with E-state index in [0.29, 0.717) is 13.0 Å². The Morgan fingerprint density at radius 3 is 2.70 bits per heavy atom. The number of nitrogens with two attached hydrogens (primary N) is 1. The number of nitrogens with one attached hydrogen (secondary N) is 1. The number of aromatic nitrogens is 1. The van der Waals surface area contributed by atoms with E-state index in [9.17, 15) is 13.2 Å². The lowest BCUT2D eigenvalue weighted by molar-refractivity contribution is -0.137. The maximum atomic E-state index is 12.7. The number of benzene rings is 2. The number of aliphatic imine (C=N–C) groups is 1. The smallest absolute Gasteiger partial charge is 0.360 e. The van der Waals surface area contributed by atoms with Crippen LogP contribution in [0.4, 0.5) is 24.0 Å². The maximum absolute atomic E-state index is 12.7. The summed E-state index contributed by atoms with van der Waals surface area (Å²) in [6, 6.07) is 11.1. The van der Waals surface area contributed by atoms with Gasteiger partial charge in [-0.25, -0.2) is 4.98 Å². The number of alkyl halides is 3. The Morgan fingerprint density at radius 2 is 1.93 bits per heavy atom. The summed E-state index contributed by atoms with van der Waals surface area (Å²) in [6.07, 6.45) is 1.90. The van der Waals surface area contributed by atoms with Crippen molar-refractivity contribution in [1.29, 1.82) is 0 Å². The molecule has 0 amide bonds. The fourth-order valence-corrected chi connectivity index (χ4v) is 4.18. The number of aryl methyl sites for hydroxylation is 1. The average Bonchev–Trinajstić information content (AvgIpc) is 3.21. The van der Waals surface area contributed by atoms with Gasteiger partial charge >= 0.3 is 6.18 Å². The van der Waals surface area contributed by atoms with Crippen molar-refractivity contribution in [2.45, 2.75) is 31.5 Å². The average molecular weight is 430 g/mol. The van der Waals surface area contributed by atoms with Crippen LogP contribution in [0.5, 0.6) is 0 Å². The SMILES string of the molecule is N[C@H](CNc1ncc(-c2ccc3c(c2)CCC=N3)s1)Cc1ccc(C(F)(F)F)cc1. The Balaban J connectivity index is 1.33. The predicted octanol–water partition coefficient (Wildman–Crippen LogP) is 5.46. The zero-order valence-electron chi connectivity index (χ0n) is 16.1. The second-order valence-corrected chi connectivity index (χ2v) is 8.29. The monoisotopic (exact) mass is 430 g/mol. The summed E-state index contributed by atoms with van der Waals surface area (Å²) < 4.78 is 38.0. The molecule has 2 heterocycles. The summed E-state index contributed by atoms with van der Waals surface area (Å²) in [5.74, 6) is 0. The topological polar surface area (TPSA) is 63.3 Å². The molecule has 0 bridgehead atoms. The molecule has 1 aliphatic rings. The summed E-state index contributed by atoms with van der Waals surface area (Å²) >= 11 is 1.55. The number of hydrogen-bond donors (Lipinski definition) is 2. The molecule has 156 valence electrons. The molecule has 0 fully saturated rings. The third-order valence-corrected chi connectivity index (χ3v) is 5.94. The van der Waals surface area contributed by atoms with Crippen LogP contribution >= 0.6 is 11.3 Å². The van der Waals surface area contributed by atoms with Crippen LogP contribution in [0, 0.1) is 0 Å². The lowest BCUT2D eigenvalue weighted by Crippen LogP contribution is -2.31. The van der Waals surface area contributed by atoms with E-state index < -0.39 is 11.7 Å². The zero-order chi connectivity index (χ0) is 21.1. The second-order valence-electron chi connectivity index (χ2n) is 7.26. The van der Waals surface area contributed by atoms with Gasteiger partial charge in [0.05, 0.1) is 16.1 Å². The van der Waals surface area contributed by atoms with E-state index in [1.165, 1.54) is 17.7 Å². The maximum Gasteiger partial charge on any atom is 0.416 e. The Hall–Kier alpha value is -2.71. The van der Waals surface area contributed by atoms with E-state index in [-0.39, 0.29) is 6.04 Å². The summed E-state index contributed by atoms with van der Waals surface area (Å²) in [6.45, 7) is 0.479. The molecular weight excluding hydrogens is 409 g/mol. The molecule has 4 rings (SSSR count). The van der Waals surface area contributed by atoms with Gasteiger partial charge in [-0.3, -0.25) is 4.99 Å². The van der Waals surface area contributed by atoms with Crippen LogP contribution in [-0.4, -0.2) is 23.8 Å². The van der Waals surface area contributed by atoms with Crippen LogP contribution in [0.3, 0.4) is 0 Å². The van der Waals surface area contributed by atoms with Crippen molar-refractivity contribution in [3.05, 3.63) is 65.4 Å². The molecule has 30 heavy (non-hydrogen) atoms. The predicted molar refractivity (Wildman–Crippen MR) is 116 cm³/mol. The van der Waals surface area contributed by atoms with Crippen LogP contribution in [0.2, 0.25) is 0 Å². The molecule has 8 heteroatoms. The minimum absolute atomic E-state index is 0.240. The first-order valence-corrected chi connectivity index (χ1v) is 10.5. The molecule has 0 radical (unpaired) electrons. The van der Waals surface area contributed by atoms with Crippen molar-refractivity contribution in [2.75, 3.05) is 11.9 Å². The van der Waals surface area contributed by atoms with E-state index in [2.05, 4.69) is 27.4 Å². The van der Waals surface area contributed by atoms with Crippen molar-refractivity contribution >= 4 is 28.4 Å². The molecule has 0 unspecified atom stereocenters. The Morgan fingerprint density at radius 1 is 1.13 bits per heavy atom. The van der Waals surface area contributed by atoms with E-state index in [1.54, 1.807) is 11.3 Å². The molecule has 0 aliphatic carbocycles. The summed E-state index contributed by atoms with van der Waals surface area (Å²) in [7, 11) is 0. The largest absolute Gasteiger partial charge is 0.416 e. The van der Waals surface area contributed by atoms with Gasteiger partial charge in [0.15, 0.2) is 5.13 Å². The van der Waals surface area contributed by atoms with E-state index in [4.69, 9.17) is 5.73 Å². The highest BCUT2D eigenvalue weighted by Crippen LogP contribution is 2.34. The molecule has 0 saturated heterocycles. The lowest BCUT2D eigenvalue weighted by Gasteiger charge is -2.13. The van der Waals surface area contributed by atoms with Crippen molar-refractivity contribution in [3.63, 3.8) is 0 Å². The number of hydrogen-bond acceptors (Lipinski definition) is 5. The highest BCUT2D eigenvalue weighted by atomic mass is 32.1. The normalized spacial score (nSPS) is 14.4. The third kappa shape index (κ3) is 4.88. The van der Waals surface area contributed by atoms with Crippen LogP contribution in [-0.2, 0) is 19.0 Å². The summed E-state index contributed by atoms with van der Waals surface area (Å²) in [5, 5.41) is 4.00. The van der Waals surface area contributed by atoms with E-state index in [0.717, 1.165) is 51.8 Å². The first kappa shape index (κ1) is 20.6. The molecule has 2 aromatic carbocycles. The van der Waals surface area contributed by atoms with Crippen LogP contribution in [0.15, 0.2) is 53.7 Å². The van der Waals surface area contributed by atoms with Gasteiger partial charge in [0.25, 0.3) is 0 Å². The van der Waals surface area contributed by atoms with Gasteiger partial charge in [0.1, 0.15) is 0 Å². The van der Waals surface area contributed by atoms with Crippen molar-refractivity contribution in [3.8, 4) is 10.4 Å². The molecule has 0 spiro atoms. The zero-order valence-corrected chi connectivity index (χ0v) is 16.9. The van der Waals surface area contributed by atoms with E-state index in [1.807, 2.05) is 18.5 Å². The quantitative estimate of drug-likeness (QED) is 0.546. The summed E-state index contributed by atoms with van der Waals surface area (Å²) in [4.78, 5) is 9.89. The van der Waals surface area contributed by atoms with E-state index >= 15 is 0 Å². The molecule has 1 aromatic heterocycles. The minimum Gasteiger partial charge on any atom is -0.360 e. The standard InChI is InChI=1S/C22H21F3N4S/c23-22(24,25)17-6-3-14(4-7-17)10-18(26)12-28-21-29-13-20(30-21)16-5-8-19-15(11-16)2-1-9-27-19/h3-9,11,13,18H,1-2,10,12,26H2,(H,28,29)/t18-/m0/s1. The molecule has 3 aromatic rings. The van der Waals surface area contributed by atoms with Gasteiger partial charge < -0.3 is 11.1 Å². The first-order chi connectivity index (χ1) is 14.4. The van der Waals surface area contributed by atoms with Gasteiger partial charge in [-0.1, -0.05) is 29.5 Å². The van der Waals surface area contributed by atoms with Gasteiger partial charge in [-0.2, -0.15) is 13.2 Å². The number of fused-ring (bicyclic) bond motifs is 1. The van der Waals surface area contributed by atoms with Gasteiger partial charge in [-0.15, -0.1) is 0 Å². The highest BCUT2D eigenvalue weighted by Gasteiger charge is 2.29. The van der Waals surface area contributed by atoms with Gasteiger partial charge in [0.2, 0.25) is 0 Å². The Kier molecular flexibility index (Phi) is 5.87. The van der Waals surface area contributed by atoms with Crippen LogP contribution in [0.25, 0.3) is 10.4 Å². The summed E-state index contributed by atoms with van der Waals surface area (Å²) in [5.41, 5.74) is 9.66. The minimum atomic E-state index is -4.32. The molecular formula is C22H21F3N4S. The molecule has 0 saturated carbocycles. The highest BCUT2D eigenvalue weighted by molar-refractivity contribution is 7.18. The molecule has 3 N–H and O–H groups in total. The van der Waals surface area contributed by atoms with Gasteiger partial charge in [-0.05, 0) is 60.2 Å². The Bertz CT molecular complexity index is 1040. The number of rotatable bonds is 6. The fourth-order valence-electron chi connectivity index (χ4n) is 3.36. The molecule has 4 nitrogen and oxygen atoms in total. The van der Waals surface area contributed by atoms with Crippen molar-refractivity contribution in [1.82, 2.24) is 4.98 Å². The third-order valence-electron chi connectivity index (χ3n) is 4.94. The lowest BCUT2D eigenvalue weighted by atomic mass is 10.0. The Labute approximate surface area is 176 Å². The number of halogens is 3. The molecule has 1 atom stereocenters. The van der Waals surface area contributed by atoms with Gasteiger partial charge in [0, 0.05) is 25.0 Å². The number of nitrogens with zero attached hydrogens (tertiary/aromatic N) is 2. The number of anilines is 1. The molecule has 1 aliphatic heterocycles. The second kappa shape index (κ2) is 8.57. The van der Waals surface area contributed by atoms with Crippen molar-refractivity contribution < 1.29 is 13.2 Å². The fraction of sp³-hybridized carbons (Fsp3) is 0.273. The first-order valence-electron chi connectivity index (χ1n) is 9.66.